The van der Waals surface area contributed by atoms with Crippen molar-refractivity contribution in [1.82, 2.24) is 10.2 Å². The van der Waals surface area contributed by atoms with E-state index in [1.807, 2.05) is 0 Å². The molecule has 1 unspecified atom stereocenters. The second-order valence-electron chi connectivity index (χ2n) is 4.66. The minimum Gasteiger partial charge on any atom is -0.463 e. The smallest absolute Gasteiger partial charge is 0.330 e. The van der Waals surface area contributed by atoms with E-state index in [4.69, 9.17) is 4.74 Å². The molecule has 0 aromatic carbocycles. The second kappa shape index (κ2) is 5.86. The Bertz CT molecular complexity index is 414. The van der Waals surface area contributed by atoms with Gasteiger partial charge in [0, 0.05) is 6.08 Å². The van der Waals surface area contributed by atoms with Crippen LogP contribution in [0.25, 0.3) is 0 Å². The maximum Gasteiger partial charge on any atom is 0.330 e. The Balaban J connectivity index is 2.18. The number of esters is 1. The Kier molecular flexibility index (Phi) is 4.19. The Morgan fingerprint density at radius 2 is 2.26 bits per heavy atom. The maximum absolute atomic E-state index is 11.7. The molecule has 1 aliphatic carbocycles. The average molecular weight is 266 g/mol. The lowest BCUT2D eigenvalue weighted by atomic mass is 9.88. The number of urea groups is 1. The van der Waals surface area contributed by atoms with Gasteiger partial charge in [-0.15, -0.1) is 0 Å². The van der Waals surface area contributed by atoms with Crippen LogP contribution < -0.4 is 5.32 Å². The van der Waals surface area contributed by atoms with E-state index >= 15 is 0 Å². The van der Waals surface area contributed by atoms with Crippen LogP contribution in [0.1, 0.15) is 32.6 Å². The molecule has 1 N–H and O–H groups in total. The van der Waals surface area contributed by atoms with Crippen molar-refractivity contribution in [2.24, 2.45) is 0 Å². The number of amides is 3. The van der Waals surface area contributed by atoms with Gasteiger partial charge < -0.3 is 10.1 Å². The number of nitrogens with zero attached hydrogens (tertiary/aromatic N) is 1. The highest BCUT2D eigenvalue weighted by Crippen LogP contribution is 2.29. The molecule has 0 radical (unpaired) electrons. The summed E-state index contributed by atoms with van der Waals surface area (Å²) < 4.78 is 4.89. The van der Waals surface area contributed by atoms with Crippen molar-refractivity contribution >= 4 is 17.9 Å². The summed E-state index contributed by atoms with van der Waals surface area (Å²) in [6.07, 6.45) is 4.78. The molecule has 2 rings (SSSR count). The number of hydrogen-bond donors (Lipinski definition) is 1. The molecule has 0 aromatic heterocycles. The molecule has 19 heavy (non-hydrogen) atoms. The summed E-state index contributed by atoms with van der Waals surface area (Å²) in [6, 6.07) is -0.667. The van der Waals surface area contributed by atoms with E-state index < -0.39 is 5.97 Å². The van der Waals surface area contributed by atoms with Crippen LogP contribution in [-0.2, 0) is 14.3 Å². The summed E-state index contributed by atoms with van der Waals surface area (Å²) >= 11 is 0. The van der Waals surface area contributed by atoms with E-state index in [-0.39, 0.29) is 24.5 Å². The highest BCUT2D eigenvalue weighted by molar-refractivity contribution is 6.02. The molecule has 1 heterocycles. The molecule has 0 bridgehead atoms. The minimum absolute atomic E-state index is 0.0437. The number of imide groups is 1. The minimum atomic E-state index is -0.406. The molecule has 1 saturated heterocycles. The van der Waals surface area contributed by atoms with Crippen LogP contribution in [0.15, 0.2) is 11.6 Å². The molecule has 3 amide bonds. The molecule has 1 saturated carbocycles. The summed E-state index contributed by atoms with van der Waals surface area (Å²) in [7, 11) is 0. The number of hydrogen-bond acceptors (Lipinski definition) is 4. The van der Waals surface area contributed by atoms with E-state index in [0.29, 0.717) is 13.0 Å². The number of nitrogens with one attached hydrogen (secondary N) is 1. The zero-order valence-corrected chi connectivity index (χ0v) is 11.0. The van der Waals surface area contributed by atoms with Gasteiger partial charge in [-0.2, -0.15) is 0 Å². The zero-order chi connectivity index (χ0) is 13.8. The number of carbonyl (C=O) groups excluding carboxylic acids is 3. The Hall–Kier alpha value is -1.85. The molecule has 1 atom stereocenters. The van der Waals surface area contributed by atoms with E-state index in [1.54, 1.807) is 6.92 Å². The molecule has 104 valence electrons. The Morgan fingerprint density at radius 1 is 1.47 bits per heavy atom. The monoisotopic (exact) mass is 266 g/mol. The molecule has 0 spiro atoms. The van der Waals surface area contributed by atoms with Gasteiger partial charge in [0.1, 0.15) is 0 Å². The van der Waals surface area contributed by atoms with Crippen molar-refractivity contribution in [3.63, 3.8) is 0 Å². The largest absolute Gasteiger partial charge is 0.463 e. The second-order valence-corrected chi connectivity index (χ2v) is 4.66. The number of rotatable bonds is 3. The van der Waals surface area contributed by atoms with Gasteiger partial charge in [-0.25, -0.2) is 9.59 Å². The fourth-order valence-corrected chi connectivity index (χ4v) is 2.57. The van der Waals surface area contributed by atoms with Gasteiger partial charge in [-0.3, -0.25) is 9.69 Å². The van der Waals surface area contributed by atoms with Crippen LogP contribution in [0.3, 0.4) is 0 Å². The molecule has 0 aromatic rings. The standard InChI is InChI=1S/C13H18N2O4/c1-2-19-12(17)7-9-5-3-4-6-10(9)15-11(16)8-14-13(15)18/h7,10H,2-6,8H2,1H3,(H,14,18). The van der Waals surface area contributed by atoms with E-state index in [0.717, 1.165) is 24.8 Å². The quantitative estimate of drug-likeness (QED) is 0.469. The summed E-state index contributed by atoms with van der Waals surface area (Å²) in [4.78, 5) is 36.2. The van der Waals surface area contributed by atoms with Crippen molar-refractivity contribution in [2.45, 2.75) is 38.6 Å². The summed E-state index contributed by atoms with van der Waals surface area (Å²) in [6.45, 7) is 2.10. The van der Waals surface area contributed by atoms with Gasteiger partial charge in [0.2, 0.25) is 0 Å². The topological polar surface area (TPSA) is 75.7 Å². The van der Waals surface area contributed by atoms with E-state index in [9.17, 15) is 14.4 Å². The lowest BCUT2D eigenvalue weighted by Gasteiger charge is -2.31. The van der Waals surface area contributed by atoms with Crippen LogP contribution in [0.4, 0.5) is 4.79 Å². The number of ether oxygens (including phenoxy) is 1. The lowest BCUT2D eigenvalue weighted by molar-refractivity contribution is -0.137. The van der Waals surface area contributed by atoms with Crippen molar-refractivity contribution in [3.8, 4) is 0 Å². The predicted molar refractivity (Wildman–Crippen MR) is 67.2 cm³/mol. The molecule has 2 fully saturated rings. The van der Waals surface area contributed by atoms with E-state index in [2.05, 4.69) is 5.32 Å². The van der Waals surface area contributed by atoms with Crippen molar-refractivity contribution in [1.29, 1.82) is 0 Å². The first-order valence-corrected chi connectivity index (χ1v) is 6.60. The van der Waals surface area contributed by atoms with Crippen LogP contribution >= 0.6 is 0 Å². The maximum atomic E-state index is 11.7. The summed E-state index contributed by atoms with van der Waals surface area (Å²) in [5, 5.41) is 2.51. The third kappa shape index (κ3) is 2.94. The van der Waals surface area contributed by atoms with Crippen LogP contribution in [-0.4, -0.2) is 42.0 Å². The Labute approximate surface area is 111 Å². The van der Waals surface area contributed by atoms with Crippen LogP contribution in [0.2, 0.25) is 0 Å². The summed E-state index contributed by atoms with van der Waals surface area (Å²) in [5.41, 5.74) is 0.815. The summed E-state index contributed by atoms with van der Waals surface area (Å²) in [5.74, 6) is -0.636. The SMILES string of the molecule is CCOC(=O)C=C1CCCCC1N1C(=O)CNC1=O. The first kappa shape index (κ1) is 13.6. The molecule has 2 aliphatic rings. The third-order valence-corrected chi connectivity index (χ3v) is 3.40. The normalized spacial score (nSPS) is 25.6. The van der Waals surface area contributed by atoms with Gasteiger partial charge in [0.25, 0.3) is 5.91 Å². The Morgan fingerprint density at radius 3 is 2.89 bits per heavy atom. The molecular weight excluding hydrogens is 248 g/mol. The van der Waals surface area contributed by atoms with Crippen molar-refractivity contribution in [3.05, 3.63) is 11.6 Å². The molecule has 6 nitrogen and oxygen atoms in total. The average Bonchev–Trinajstić information content (AvgIpc) is 2.70. The highest BCUT2D eigenvalue weighted by atomic mass is 16.5. The van der Waals surface area contributed by atoms with Gasteiger partial charge in [-0.1, -0.05) is 6.42 Å². The molecular formula is C13H18N2O4. The fraction of sp³-hybridized carbons (Fsp3) is 0.615. The first-order valence-electron chi connectivity index (χ1n) is 6.60. The van der Waals surface area contributed by atoms with Crippen LogP contribution in [0, 0.1) is 0 Å². The van der Waals surface area contributed by atoms with Gasteiger partial charge >= 0.3 is 12.0 Å². The third-order valence-electron chi connectivity index (χ3n) is 3.40. The van der Waals surface area contributed by atoms with Gasteiger partial charge in [-0.05, 0) is 31.8 Å². The lowest BCUT2D eigenvalue weighted by Crippen LogP contribution is -2.43. The predicted octanol–water partition coefficient (Wildman–Crippen LogP) is 0.970. The van der Waals surface area contributed by atoms with Crippen molar-refractivity contribution < 1.29 is 19.1 Å². The molecule has 1 aliphatic heterocycles. The van der Waals surface area contributed by atoms with E-state index in [1.165, 1.54) is 11.0 Å². The fourth-order valence-electron chi connectivity index (χ4n) is 2.57. The van der Waals surface area contributed by atoms with Gasteiger partial charge in [0.15, 0.2) is 0 Å². The molecule has 6 heteroatoms. The van der Waals surface area contributed by atoms with Gasteiger partial charge in [0.05, 0.1) is 19.2 Å². The zero-order valence-electron chi connectivity index (χ0n) is 11.0. The van der Waals surface area contributed by atoms with Crippen LogP contribution in [0.5, 0.6) is 0 Å². The highest BCUT2D eigenvalue weighted by Gasteiger charge is 2.37. The first-order chi connectivity index (χ1) is 9.13. The number of carbonyl (C=O) groups is 3. The van der Waals surface area contributed by atoms with Crippen molar-refractivity contribution in [2.75, 3.05) is 13.2 Å².